The van der Waals surface area contributed by atoms with Crippen LogP contribution in [0.3, 0.4) is 0 Å². The maximum Gasteiger partial charge on any atom is 0.453 e. The second kappa shape index (κ2) is 6.84. The number of esters is 1. The molecule has 13 heteroatoms. The number of hydrogen-bond donors (Lipinski definition) is 0. The topological polar surface area (TPSA) is 72.9 Å². The third-order valence-corrected chi connectivity index (χ3v) is 6.18. The Bertz CT molecular complexity index is 882. The molecule has 0 N–H and O–H groups in total. The molecule has 29 heavy (non-hydrogen) atoms. The van der Waals surface area contributed by atoms with Gasteiger partial charge in [-0.2, -0.15) is 34.8 Å². The second-order valence-corrected chi connectivity index (χ2v) is 8.36. The summed E-state index contributed by atoms with van der Waals surface area (Å²) in [4.78, 5) is 11.2. The van der Waals surface area contributed by atoms with Crippen LogP contribution in [0.1, 0.15) is 18.4 Å². The Balaban J connectivity index is 1.90. The molecule has 2 aliphatic rings. The predicted molar refractivity (Wildman–Crippen MR) is 83.9 cm³/mol. The van der Waals surface area contributed by atoms with E-state index >= 15 is 0 Å². The molecule has 3 rings (SSSR count). The molecule has 6 nitrogen and oxygen atoms in total. The van der Waals surface area contributed by atoms with Gasteiger partial charge in [0.1, 0.15) is 6.04 Å². The standard InChI is InChI=1S/C16H15F6NO5S/c1-9-2-5-11(6-3-9)29(25,26)28-10-4-7-12-13(24)27-14(15(17,18)19,16(20,21)22)23(12)8-10/h2-3,5-6,10,12H,4,7-8H2,1H3/t10-,12-/m0/s1. The molecule has 0 amide bonds. The number of ether oxygens (including phenoxy) is 1. The van der Waals surface area contributed by atoms with Gasteiger partial charge in [0.25, 0.3) is 10.1 Å². The lowest BCUT2D eigenvalue weighted by Crippen LogP contribution is -2.68. The Labute approximate surface area is 161 Å². The Morgan fingerprint density at radius 1 is 1.07 bits per heavy atom. The number of carbonyl (C=O) groups is 1. The largest absolute Gasteiger partial charge is 0.453 e. The van der Waals surface area contributed by atoms with Crippen LogP contribution >= 0.6 is 0 Å². The average Bonchev–Trinajstić information content (AvgIpc) is 2.88. The molecule has 1 aromatic carbocycles. The van der Waals surface area contributed by atoms with Crippen molar-refractivity contribution in [3.8, 4) is 0 Å². The summed E-state index contributed by atoms with van der Waals surface area (Å²) in [5.74, 6) is -1.67. The van der Waals surface area contributed by atoms with Gasteiger partial charge in [0, 0.05) is 6.54 Å². The lowest BCUT2D eigenvalue weighted by atomic mass is 9.98. The highest BCUT2D eigenvalue weighted by atomic mass is 32.2. The van der Waals surface area contributed by atoms with Crippen molar-refractivity contribution < 1.29 is 48.5 Å². The van der Waals surface area contributed by atoms with Crippen LogP contribution in [-0.2, 0) is 23.8 Å². The Morgan fingerprint density at radius 3 is 2.14 bits per heavy atom. The van der Waals surface area contributed by atoms with Crippen LogP contribution < -0.4 is 0 Å². The summed E-state index contributed by atoms with van der Waals surface area (Å²) in [5.41, 5.74) is -4.12. The van der Waals surface area contributed by atoms with Crippen molar-refractivity contribution >= 4 is 16.1 Å². The zero-order chi connectivity index (χ0) is 21.8. The quantitative estimate of drug-likeness (QED) is 0.403. The summed E-state index contributed by atoms with van der Waals surface area (Å²) in [5, 5.41) is 0. The van der Waals surface area contributed by atoms with E-state index in [4.69, 9.17) is 4.18 Å². The van der Waals surface area contributed by atoms with Crippen LogP contribution in [0.4, 0.5) is 26.3 Å². The van der Waals surface area contributed by atoms with Crippen LogP contribution in [-0.4, -0.2) is 56.1 Å². The van der Waals surface area contributed by atoms with Gasteiger partial charge in [0.2, 0.25) is 0 Å². The van der Waals surface area contributed by atoms with Crippen molar-refractivity contribution in [2.24, 2.45) is 0 Å². The highest BCUT2D eigenvalue weighted by molar-refractivity contribution is 7.86. The SMILES string of the molecule is Cc1ccc(S(=O)(=O)O[C@H]2CC[C@H]3C(=O)OC(C(F)(F)F)(C(F)(F)F)N3C2)cc1. The number of cyclic esters (lactones) is 1. The summed E-state index contributed by atoms with van der Waals surface area (Å²) >= 11 is 0. The monoisotopic (exact) mass is 447 g/mol. The van der Waals surface area contributed by atoms with Gasteiger partial charge in [0.05, 0.1) is 11.0 Å². The van der Waals surface area contributed by atoms with Crippen molar-refractivity contribution in [3.63, 3.8) is 0 Å². The molecule has 2 aliphatic heterocycles. The normalized spacial score (nSPS) is 25.6. The number of benzene rings is 1. The van der Waals surface area contributed by atoms with Gasteiger partial charge in [-0.15, -0.1) is 0 Å². The number of hydrogen-bond acceptors (Lipinski definition) is 6. The molecule has 0 aromatic heterocycles. The molecule has 0 bridgehead atoms. The number of fused-ring (bicyclic) bond motifs is 1. The van der Waals surface area contributed by atoms with Crippen LogP contribution in [0.5, 0.6) is 0 Å². The van der Waals surface area contributed by atoms with Crippen molar-refractivity contribution in [2.75, 3.05) is 6.54 Å². The third kappa shape index (κ3) is 3.59. The zero-order valence-electron chi connectivity index (χ0n) is 14.7. The van der Waals surface area contributed by atoms with E-state index in [2.05, 4.69) is 4.74 Å². The van der Waals surface area contributed by atoms with E-state index in [-0.39, 0.29) is 16.2 Å². The molecule has 1 aromatic rings. The average molecular weight is 447 g/mol. The summed E-state index contributed by atoms with van der Waals surface area (Å²) in [6.07, 6.45) is -14.2. The first kappa shape index (κ1) is 21.8. The molecule has 2 saturated heterocycles. The highest BCUT2D eigenvalue weighted by Crippen LogP contribution is 2.53. The Morgan fingerprint density at radius 2 is 1.62 bits per heavy atom. The van der Waals surface area contributed by atoms with Crippen molar-refractivity contribution in [1.82, 2.24) is 4.90 Å². The van der Waals surface area contributed by atoms with Crippen LogP contribution in [0, 0.1) is 6.92 Å². The number of rotatable bonds is 3. The molecule has 0 unspecified atom stereocenters. The molecule has 2 heterocycles. The van der Waals surface area contributed by atoms with Gasteiger partial charge < -0.3 is 4.74 Å². The number of alkyl halides is 6. The Hall–Kier alpha value is -1.86. The maximum absolute atomic E-state index is 13.4. The van der Waals surface area contributed by atoms with Crippen LogP contribution in [0.25, 0.3) is 0 Å². The second-order valence-electron chi connectivity index (χ2n) is 6.79. The zero-order valence-corrected chi connectivity index (χ0v) is 15.6. The number of halogens is 6. The van der Waals surface area contributed by atoms with E-state index in [9.17, 15) is 39.6 Å². The fraction of sp³-hybridized carbons (Fsp3) is 0.562. The van der Waals surface area contributed by atoms with E-state index in [1.54, 1.807) is 6.92 Å². The fourth-order valence-corrected chi connectivity index (χ4v) is 4.52. The van der Waals surface area contributed by atoms with Gasteiger partial charge >= 0.3 is 24.0 Å². The predicted octanol–water partition coefficient (Wildman–Crippen LogP) is 2.91. The molecular formula is C16H15F6NO5S. The lowest BCUT2D eigenvalue weighted by molar-refractivity contribution is -0.403. The van der Waals surface area contributed by atoms with Gasteiger partial charge in [-0.3, -0.25) is 8.98 Å². The molecule has 0 radical (unpaired) electrons. The number of piperidine rings is 1. The summed E-state index contributed by atoms with van der Waals surface area (Å²) in [6, 6.07) is 3.51. The first-order chi connectivity index (χ1) is 13.2. The minimum absolute atomic E-state index is 0.200. The van der Waals surface area contributed by atoms with Gasteiger partial charge in [-0.05, 0) is 31.9 Å². The van der Waals surface area contributed by atoms with E-state index < -0.39 is 59.3 Å². The number of aryl methyl sites for hydroxylation is 1. The highest BCUT2D eigenvalue weighted by Gasteiger charge is 2.82. The Kier molecular flexibility index (Phi) is 5.15. The van der Waals surface area contributed by atoms with Crippen molar-refractivity contribution in [2.45, 2.75) is 54.9 Å². The first-order valence-corrected chi connectivity index (χ1v) is 9.73. The van der Waals surface area contributed by atoms with Gasteiger partial charge in [-0.1, -0.05) is 17.7 Å². The smallest absolute Gasteiger partial charge is 0.423 e. The fourth-order valence-electron chi connectivity index (χ4n) is 3.42. The van der Waals surface area contributed by atoms with Crippen molar-refractivity contribution in [1.29, 1.82) is 0 Å². The summed E-state index contributed by atoms with van der Waals surface area (Å²) in [6.45, 7) is 0.581. The molecule has 162 valence electrons. The summed E-state index contributed by atoms with van der Waals surface area (Å²) < 4.78 is 114. The lowest BCUT2D eigenvalue weighted by Gasteiger charge is -2.42. The summed E-state index contributed by atoms with van der Waals surface area (Å²) in [7, 11) is -4.44. The molecule has 2 atom stereocenters. The van der Waals surface area contributed by atoms with Crippen LogP contribution in [0.2, 0.25) is 0 Å². The van der Waals surface area contributed by atoms with Crippen molar-refractivity contribution in [3.05, 3.63) is 29.8 Å². The first-order valence-electron chi connectivity index (χ1n) is 8.32. The van der Waals surface area contributed by atoms with E-state index in [1.165, 1.54) is 24.3 Å². The number of nitrogens with zero attached hydrogens (tertiary/aromatic N) is 1. The van der Waals surface area contributed by atoms with E-state index in [0.29, 0.717) is 0 Å². The minimum Gasteiger partial charge on any atom is -0.423 e. The molecule has 0 aliphatic carbocycles. The number of carbonyl (C=O) groups excluding carboxylic acids is 1. The maximum atomic E-state index is 13.4. The van der Waals surface area contributed by atoms with Crippen LogP contribution in [0.15, 0.2) is 29.2 Å². The molecular weight excluding hydrogens is 432 g/mol. The molecule has 0 saturated carbocycles. The van der Waals surface area contributed by atoms with E-state index in [1.807, 2.05) is 0 Å². The third-order valence-electron chi connectivity index (χ3n) is 4.80. The minimum atomic E-state index is -5.99. The van der Waals surface area contributed by atoms with Gasteiger partial charge in [-0.25, -0.2) is 4.90 Å². The van der Waals surface area contributed by atoms with Gasteiger partial charge in [0.15, 0.2) is 0 Å². The molecule has 2 fully saturated rings. The molecule has 0 spiro atoms. The van der Waals surface area contributed by atoms with E-state index in [0.717, 1.165) is 5.56 Å².